The van der Waals surface area contributed by atoms with Crippen LogP contribution in [0.25, 0.3) is 0 Å². The van der Waals surface area contributed by atoms with E-state index in [0.717, 1.165) is 0 Å². The number of nitrogens with zero attached hydrogens (tertiary/aromatic N) is 1. The summed E-state index contributed by atoms with van der Waals surface area (Å²) in [6, 6.07) is 8.19. The van der Waals surface area contributed by atoms with E-state index in [1.54, 1.807) is 0 Å². The summed E-state index contributed by atoms with van der Waals surface area (Å²) in [6.45, 7) is 0.732. The Hall–Kier alpha value is -1.05. The number of sulfonamides is 1. The van der Waals surface area contributed by atoms with Gasteiger partial charge in [-0.1, -0.05) is 29.3 Å². The first-order valence-corrected chi connectivity index (χ1v) is 8.32. The van der Waals surface area contributed by atoms with Crippen molar-refractivity contribution in [2.24, 2.45) is 0 Å². The minimum Gasteiger partial charge on any atom is -1.00 e. The van der Waals surface area contributed by atoms with E-state index in [1.807, 2.05) is 35.2 Å². The molecule has 0 unspecified atom stereocenters. The van der Waals surface area contributed by atoms with Crippen LogP contribution in [0.3, 0.4) is 0 Å². The molecule has 3 N–H and O–H groups in total. The maximum atomic E-state index is 12.2. The summed E-state index contributed by atoms with van der Waals surface area (Å²) < 4.78 is 28.7. The number of aromatic nitrogens is 1. The van der Waals surface area contributed by atoms with Gasteiger partial charge < -0.3 is 18.1 Å². The third kappa shape index (κ3) is 4.72. The fourth-order valence-corrected chi connectivity index (χ4v) is 3.53. The van der Waals surface area contributed by atoms with Gasteiger partial charge in [0.1, 0.15) is 4.90 Å². The molecule has 0 amide bonds. The smallest absolute Gasteiger partial charge is 0.242 e. The number of nitrogens with two attached hydrogens (primary N) is 1. The number of nitrogens with one attached hydrogen (secondary N) is 1. The third-order valence-corrected chi connectivity index (χ3v) is 5.03. The standard InChI is InChI=1S/C13H14Cl2N3O2S.ClH/c14-10-9-13(11(15)8-12(10)16)21(19,20)17-4-7-18-5-2-1-3-6-18;/h1-3,5-6,8-9,17H,4,7,16H2;1H/q+1;/p-1. The normalized spacial score (nSPS) is 11.0. The lowest BCUT2D eigenvalue weighted by molar-refractivity contribution is -0.694. The van der Waals surface area contributed by atoms with Crippen molar-refractivity contribution in [1.29, 1.82) is 0 Å². The molecular weight excluding hydrogens is 369 g/mol. The number of benzene rings is 1. The van der Waals surface area contributed by atoms with Crippen LogP contribution in [0.4, 0.5) is 5.69 Å². The van der Waals surface area contributed by atoms with Crippen LogP contribution in [-0.2, 0) is 16.6 Å². The van der Waals surface area contributed by atoms with E-state index >= 15 is 0 Å². The summed E-state index contributed by atoms with van der Waals surface area (Å²) >= 11 is 11.8. The predicted octanol–water partition coefficient (Wildman–Crippen LogP) is -1.15. The Morgan fingerprint density at radius 3 is 2.36 bits per heavy atom. The molecule has 2 rings (SSSR count). The number of hydrogen-bond acceptors (Lipinski definition) is 3. The minimum atomic E-state index is -3.74. The van der Waals surface area contributed by atoms with Crippen LogP contribution < -0.4 is 27.4 Å². The maximum Gasteiger partial charge on any atom is 0.242 e. The molecule has 0 spiro atoms. The van der Waals surface area contributed by atoms with Gasteiger partial charge in [0.2, 0.25) is 10.0 Å². The van der Waals surface area contributed by atoms with E-state index in [2.05, 4.69) is 4.72 Å². The van der Waals surface area contributed by atoms with Crippen LogP contribution in [0, 0.1) is 0 Å². The molecule has 0 aliphatic carbocycles. The number of pyridine rings is 1. The van der Waals surface area contributed by atoms with Crippen molar-refractivity contribution in [1.82, 2.24) is 4.72 Å². The van der Waals surface area contributed by atoms with Gasteiger partial charge in [0.25, 0.3) is 0 Å². The lowest BCUT2D eigenvalue weighted by Crippen LogP contribution is -3.00. The van der Waals surface area contributed by atoms with Crippen molar-refractivity contribution in [3.05, 3.63) is 52.8 Å². The second-order valence-corrected chi connectivity index (χ2v) is 6.87. The molecule has 1 aromatic carbocycles. The van der Waals surface area contributed by atoms with Gasteiger partial charge in [-0.15, -0.1) is 0 Å². The lowest BCUT2D eigenvalue weighted by atomic mass is 10.3. The molecule has 120 valence electrons. The highest BCUT2D eigenvalue weighted by Crippen LogP contribution is 2.29. The van der Waals surface area contributed by atoms with E-state index in [-0.39, 0.29) is 39.6 Å². The van der Waals surface area contributed by atoms with Crippen molar-refractivity contribution < 1.29 is 25.4 Å². The zero-order valence-corrected chi connectivity index (χ0v) is 14.4. The largest absolute Gasteiger partial charge is 1.00 e. The summed E-state index contributed by atoms with van der Waals surface area (Å²) in [7, 11) is -3.74. The van der Waals surface area contributed by atoms with Crippen LogP contribution in [0.15, 0.2) is 47.6 Å². The number of nitrogen functional groups attached to an aromatic ring is 1. The first-order valence-electron chi connectivity index (χ1n) is 6.08. The zero-order chi connectivity index (χ0) is 15.5. The first-order chi connectivity index (χ1) is 9.90. The van der Waals surface area contributed by atoms with Crippen molar-refractivity contribution >= 4 is 38.9 Å². The fraction of sp³-hybridized carbons (Fsp3) is 0.154. The van der Waals surface area contributed by atoms with Gasteiger partial charge in [0, 0.05) is 12.1 Å². The maximum absolute atomic E-state index is 12.2. The number of rotatable bonds is 5. The highest BCUT2D eigenvalue weighted by molar-refractivity contribution is 7.89. The number of anilines is 1. The second kappa shape index (κ2) is 7.99. The van der Waals surface area contributed by atoms with Crippen molar-refractivity contribution in [2.75, 3.05) is 12.3 Å². The van der Waals surface area contributed by atoms with Crippen LogP contribution in [-0.4, -0.2) is 15.0 Å². The van der Waals surface area contributed by atoms with Crippen LogP contribution in [0.2, 0.25) is 10.0 Å². The van der Waals surface area contributed by atoms with E-state index in [1.165, 1.54) is 12.1 Å². The Morgan fingerprint density at radius 1 is 1.09 bits per heavy atom. The van der Waals surface area contributed by atoms with E-state index in [4.69, 9.17) is 28.9 Å². The number of hydrogen-bond donors (Lipinski definition) is 2. The number of halogens is 3. The molecule has 0 fully saturated rings. The summed E-state index contributed by atoms with van der Waals surface area (Å²) in [6.07, 6.45) is 3.70. The van der Waals surface area contributed by atoms with Gasteiger partial charge in [0.05, 0.1) is 22.3 Å². The minimum absolute atomic E-state index is 0. The first kappa shape index (κ1) is 19.0. The topological polar surface area (TPSA) is 76.1 Å². The Bertz CT molecular complexity index is 740. The predicted molar refractivity (Wildman–Crippen MR) is 82.7 cm³/mol. The molecule has 0 aliphatic heterocycles. The molecule has 1 aromatic heterocycles. The zero-order valence-electron chi connectivity index (χ0n) is 11.3. The van der Waals surface area contributed by atoms with E-state index in [9.17, 15) is 8.42 Å². The van der Waals surface area contributed by atoms with Crippen molar-refractivity contribution in [2.45, 2.75) is 11.4 Å². The van der Waals surface area contributed by atoms with Crippen molar-refractivity contribution in [3.63, 3.8) is 0 Å². The van der Waals surface area contributed by atoms with E-state index in [0.29, 0.717) is 6.54 Å². The van der Waals surface area contributed by atoms with Gasteiger partial charge in [-0.3, -0.25) is 0 Å². The van der Waals surface area contributed by atoms with Gasteiger partial charge >= 0.3 is 0 Å². The van der Waals surface area contributed by atoms with Gasteiger partial charge in [-0.25, -0.2) is 17.7 Å². The van der Waals surface area contributed by atoms with Crippen LogP contribution in [0.5, 0.6) is 0 Å². The monoisotopic (exact) mass is 381 g/mol. The Kier molecular flexibility index (Phi) is 6.90. The lowest BCUT2D eigenvalue weighted by Gasteiger charge is -2.09. The Balaban J connectivity index is 0.00000242. The Morgan fingerprint density at radius 2 is 1.73 bits per heavy atom. The molecule has 0 atom stereocenters. The quantitative estimate of drug-likeness (QED) is 0.506. The molecule has 9 heteroatoms. The van der Waals surface area contributed by atoms with Gasteiger partial charge in [0.15, 0.2) is 18.9 Å². The SMILES string of the molecule is Nc1cc(Cl)c(S(=O)(=O)NCC[n+]2ccccc2)cc1Cl.[Cl-]. The molecule has 22 heavy (non-hydrogen) atoms. The molecule has 0 saturated carbocycles. The molecule has 1 heterocycles. The summed E-state index contributed by atoms with van der Waals surface area (Å²) in [5, 5.41) is 0.189. The van der Waals surface area contributed by atoms with Gasteiger partial charge in [-0.2, -0.15) is 0 Å². The average molecular weight is 383 g/mol. The Labute approximate surface area is 145 Å². The summed E-state index contributed by atoms with van der Waals surface area (Å²) in [5.41, 5.74) is 5.81. The van der Waals surface area contributed by atoms with Crippen LogP contribution >= 0.6 is 23.2 Å². The summed E-state index contributed by atoms with van der Waals surface area (Å²) in [5.74, 6) is 0. The molecule has 0 bridgehead atoms. The highest BCUT2D eigenvalue weighted by Gasteiger charge is 2.19. The molecule has 5 nitrogen and oxygen atoms in total. The highest BCUT2D eigenvalue weighted by atomic mass is 35.5. The average Bonchev–Trinajstić information content (AvgIpc) is 2.43. The molecule has 0 aliphatic rings. The molecule has 0 radical (unpaired) electrons. The van der Waals surface area contributed by atoms with E-state index < -0.39 is 10.0 Å². The molecule has 0 saturated heterocycles. The van der Waals surface area contributed by atoms with Gasteiger partial charge in [-0.05, 0) is 12.1 Å². The summed E-state index contributed by atoms with van der Waals surface area (Å²) in [4.78, 5) is -0.0820. The van der Waals surface area contributed by atoms with Crippen molar-refractivity contribution in [3.8, 4) is 0 Å². The second-order valence-electron chi connectivity index (χ2n) is 4.32. The van der Waals surface area contributed by atoms with Crippen LogP contribution in [0.1, 0.15) is 0 Å². The third-order valence-electron chi connectivity index (χ3n) is 2.78. The molecule has 2 aromatic rings. The fourth-order valence-electron chi connectivity index (χ4n) is 1.72. The molecular formula is C13H14Cl3N3O2S.